The molecule has 1 aromatic heterocycles. The van der Waals surface area contributed by atoms with Crippen molar-refractivity contribution in [3.8, 4) is 6.07 Å². The molecule has 0 saturated carbocycles. The second-order valence-corrected chi connectivity index (χ2v) is 3.78. The molecule has 2 aromatic rings. The van der Waals surface area contributed by atoms with Gasteiger partial charge in [-0.15, -0.1) is 0 Å². The van der Waals surface area contributed by atoms with Crippen LogP contribution < -0.4 is 4.57 Å². The SMILES string of the molecule is Cc1cccc[n+]1Cc1ccc(C#N)cc1. The number of hydrogen-bond acceptors (Lipinski definition) is 1. The summed E-state index contributed by atoms with van der Waals surface area (Å²) >= 11 is 0. The van der Waals surface area contributed by atoms with Crippen LogP contribution in [0.5, 0.6) is 0 Å². The van der Waals surface area contributed by atoms with Crippen LogP contribution in [0, 0.1) is 18.3 Å². The number of pyridine rings is 1. The fourth-order valence-electron chi connectivity index (χ4n) is 1.62. The van der Waals surface area contributed by atoms with Gasteiger partial charge in [0.1, 0.15) is 0 Å². The zero-order chi connectivity index (χ0) is 11.4. The third kappa shape index (κ3) is 2.26. The molecule has 0 atom stereocenters. The summed E-state index contributed by atoms with van der Waals surface area (Å²) < 4.78 is 2.18. The molecule has 2 rings (SSSR count). The van der Waals surface area contributed by atoms with Crippen molar-refractivity contribution in [2.45, 2.75) is 13.5 Å². The topological polar surface area (TPSA) is 27.7 Å². The van der Waals surface area contributed by atoms with Gasteiger partial charge in [-0.3, -0.25) is 0 Å². The number of rotatable bonds is 2. The second-order valence-electron chi connectivity index (χ2n) is 3.78. The van der Waals surface area contributed by atoms with E-state index >= 15 is 0 Å². The maximum atomic E-state index is 8.71. The van der Waals surface area contributed by atoms with Crippen LogP contribution in [0.15, 0.2) is 48.7 Å². The minimum absolute atomic E-state index is 0.707. The highest BCUT2D eigenvalue weighted by Crippen LogP contribution is 2.03. The second kappa shape index (κ2) is 4.59. The number of aromatic nitrogens is 1. The summed E-state index contributed by atoms with van der Waals surface area (Å²) in [4.78, 5) is 0. The summed E-state index contributed by atoms with van der Waals surface area (Å²) in [5.74, 6) is 0. The number of nitrogens with zero attached hydrogens (tertiary/aromatic N) is 2. The first-order valence-corrected chi connectivity index (χ1v) is 5.24. The van der Waals surface area contributed by atoms with Gasteiger partial charge in [0.15, 0.2) is 18.4 Å². The summed E-state index contributed by atoms with van der Waals surface area (Å²) in [7, 11) is 0. The molecule has 2 heteroatoms. The molecular weight excluding hydrogens is 196 g/mol. The molecule has 0 saturated heterocycles. The van der Waals surface area contributed by atoms with E-state index in [1.54, 1.807) is 0 Å². The molecule has 0 aliphatic heterocycles. The third-order valence-electron chi connectivity index (χ3n) is 2.60. The molecule has 0 aliphatic carbocycles. The van der Waals surface area contributed by atoms with E-state index in [2.05, 4.69) is 29.8 Å². The summed E-state index contributed by atoms with van der Waals surface area (Å²) in [6, 6.07) is 16.0. The van der Waals surface area contributed by atoms with Crippen molar-refractivity contribution in [2.24, 2.45) is 0 Å². The molecule has 0 radical (unpaired) electrons. The largest absolute Gasteiger partial charge is 0.198 e. The smallest absolute Gasteiger partial charge is 0.178 e. The van der Waals surface area contributed by atoms with Crippen LogP contribution in [-0.4, -0.2) is 0 Å². The molecule has 0 bridgehead atoms. The van der Waals surface area contributed by atoms with Gasteiger partial charge in [-0.05, 0) is 12.1 Å². The first kappa shape index (κ1) is 10.4. The van der Waals surface area contributed by atoms with Crippen molar-refractivity contribution in [1.82, 2.24) is 0 Å². The van der Waals surface area contributed by atoms with Gasteiger partial charge in [-0.2, -0.15) is 9.83 Å². The Morgan fingerprint density at radius 1 is 1.12 bits per heavy atom. The predicted octanol–water partition coefficient (Wildman–Crippen LogP) is 2.20. The first-order valence-electron chi connectivity index (χ1n) is 5.24. The molecule has 0 unspecified atom stereocenters. The van der Waals surface area contributed by atoms with Crippen molar-refractivity contribution < 1.29 is 4.57 Å². The van der Waals surface area contributed by atoms with E-state index in [-0.39, 0.29) is 0 Å². The van der Waals surface area contributed by atoms with Crippen LogP contribution in [0.25, 0.3) is 0 Å². The molecule has 2 nitrogen and oxygen atoms in total. The minimum Gasteiger partial charge on any atom is -0.198 e. The summed E-state index contributed by atoms with van der Waals surface area (Å²) in [6.07, 6.45) is 2.06. The lowest BCUT2D eigenvalue weighted by Crippen LogP contribution is -2.36. The Balaban J connectivity index is 2.22. The lowest BCUT2D eigenvalue weighted by molar-refractivity contribution is -0.694. The Bertz CT molecular complexity index is 521. The molecule has 1 heterocycles. The number of benzene rings is 1. The number of aryl methyl sites for hydroxylation is 1. The van der Waals surface area contributed by atoms with Crippen LogP contribution in [0.4, 0.5) is 0 Å². The molecule has 0 N–H and O–H groups in total. The van der Waals surface area contributed by atoms with Crippen LogP contribution in [0.1, 0.15) is 16.8 Å². The Morgan fingerprint density at radius 2 is 1.88 bits per heavy atom. The average molecular weight is 209 g/mol. The molecule has 0 amide bonds. The van der Waals surface area contributed by atoms with Gasteiger partial charge in [0.2, 0.25) is 0 Å². The van der Waals surface area contributed by atoms with E-state index in [4.69, 9.17) is 5.26 Å². The van der Waals surface area contributed by atoms with Gasteiger partial charge >= 0.3 is 0 Å². The van der Waals surface area contributed by atoms with Gasteiger partial charge in [-0.25, -0.2) is 0 Å². The quantitative estimate of drug-likeness (QED) is 0.697. The van der Waals surface area contributed by atoms with E-state index in [0.717, 1.165) is 6.54 Å². The number of hydrogen-bond donors (Lipinski definition) is 0. The Morgan fingerprint density at radius 3 is 2.50 bits per heavy atom. The van der Waals surface area contributed by atoms with Crippen LogP contribution in [-0.2, 0) is 6.54 Å². The summed E-state index contributed by atoms with van der Waals surface area (Å²) in [5.41, 5.74) is 3.14. The highest BCUT2D eigenvalue weighted by molar-refractivity contribution is 5.31. The lowest BCUT2D eigenvalue weighted by atomic mass is 10.1. The minimum atomic E-state index is 0.707. The predicted molar refractivity (Wildman–Crippen MR) is 61.6 cm³/mol. The van der Waals surface area contributed by atoms with E-state index in [1.807, 2.05) is 36.4 Å². The standard InChI is InChI=1S/C14H13N2/c1-12-4-2-3-9-16(12)11-14-7-5-13(10-15)6-8-14/h2-9H,11H2,1H3/q+1. The van der Waals surface area contributed by atoms with Crippen LogP contribution in [0.3, 0.4) is 0 Å². The van der Waals surface area contributed by atoms with E-state index in [9.17, 15) is 0 Å². The Hall–Kier alpha value is -2.14. The zero-order valence-electron chi connectivity index (χ0n) is 9.22. The maximum Gasteiger partial charge on any atom is 0.178 e. The van der Waals surface area contributed by atoms with Gasteiger partial charge in [0.05, 0.1) is 11.6 Å². The van der Waals surface area contributed by atoms with Gasteiger partial charge in [0.25, 0.3) is 0 Å². The molecule has 16 heavy (non-hydrogen) atoms. The maximum absolute atomic E-state index is 8.71. The van der Waals surface area contributed by atoms with E-state index in [0.29, 0.717) is 5.56 Å². The summed E-state index contributed by atoms with van der Waals surface area (Å²) in [6.45, 7) is 2.93. The zero-order valence-corrected chi connectivity index (χ0v) is 9.22. The van der Waals surface area contributed by atoms with Crippen molar-refractivity contribution in [1.29, 1.82) is 5.26 Å². The Labute approximate surface area is 95.4 Å². The first-order chi connectivity index (χ1) is 7.79. The van der Waals surface area contributed by atoms with Crippen molar-refractivity contribution >= 4 is 0 Å². The van der Waals surface area contributed by atoms with Crippen LogP contribution in [0.2, 0.25) is 0 Å². The molecule has 0 fully saturated rings. The third-order valence-corrected chi connectivity index (χ3v) is 2.60. The van der Waals surface area contributed by atoms with Crippen molar-refractivity contribution in [3.05, 3.63) is 65.5 Å². The molecule has 0 aliphatic rings. The Kier molecular flexibility index (Phi) is 2.98. The van der Waals surface area contributed by atoms with Gasteiger partial charge < -0.3 is 0 Å². The van der Waals surface area contributed by atoms with Crippen molar-refractivity contribution in [2.75, 3.05) is 0 Å². The van der Waals surface area contributed by atoms with Crippen LogP contribution >= 0.6 is 0 Å². The van der Waals surface area contributed by atoms with Gasteiger partial charge in [0, 0.05) is 24.6 Å². The fourth-order valence-corrected chi connectivity index (χ4v) is 1.62. The molecule has 78 valence electrons. The molecule has 0 spiro atoms. The van der Waals surface area contributed by atoms with E-state index < -0.39 is 0 Å². The van der Waals surface area contributed by atoms with Gasteiger partial charge in [-0.1, -0.05) is 18.2 Å². The fraction of sp³-hybridized carbons (Fsp3) is 0.143. The molecule has 1 aromatic carbocycles. The number of nitriles is 1. The lowest BCUT2D eigenvalue weighted by Gasteiger charge is -2.00. The summed E-state index contributed by atoms with van der Waals surface area (Å²) in [5, 5.41) is 8.71. The van der Waals surface area contributed by atoms with E-state index in [1.165, 1.54) is 11.3 Å². The normalized spacial score (nSPS) is 9.75. The monoisotopic (exact) mass is 209 g/mol. The highest BCUT2D eigenvalue weighted by Gasteiger charge is 2.05. The molecular formula is C14H13N2+. The average Bonchev–Trinajstić information content (AvgIpc) is 2.33. The van der Waals surface area contributed by atoms with Crippen molar-refractivity contribution in [3.63, 3.8) is 0 Å². The highest BCUT2D eigenvalue weighted by atomic mass is 14.9.